The molecule has 186 valence electrons. The molecule has 0 radical (unpaired) electrons. The smallest absolute Gasteiger partial charge is 0.244 e. The van der Waals surface area contributed by atoms with Gasteiger partial charge in [0.2, 0.25) is 21.8 Å². The number of nitrogens with one attached hydrogen (secondary N) is 1. The van der Waals surface area contributed by atoms with E-state index in [1.807, 2.05) is 38.1 Å². The lowest BCUT2D eigenvalue weighted by Gasteiger charge is -2.33. The lowest BCUT2D eigenvalue weighted by molar-refractivity contribution is -0.140. The lowest BCUT2D eigenvalue weighted by atomic mass is 10.1. The quantitative estimate of drug-likeness (QED) is 0.501. The Morgan fingerprint density at radius 1 is 1.15 bits per heavy atom. The van der Waals surface area contributed by atoms with Crippen molar-refractivity contribution in [2.75, 3.05) is 30.8 Å². The number of carbonyl (C=O) groups is 2. The largest absolute Gasteiger partial charge is 0.495 e. The maximum absolute atomic E-state index is 13.6. The van der Waals surface area contributed by atoms with Gasteiger partial charge in [-0.25, -0.2) is 8.42 Å². The van der Waals surface area contributed by atoms with Crippen LogP contribution in [0.4, 0.5) is 5.69 Å². The first-order chi connectivity index (χ1) is 16.0. The first-order valence-electron chi connectivity index (χ1n) is 11.0. The lowest BCUT2D eigenvalue weighted by Crippen LogP contribution is -2.52. The zero-order valence-electron chi connectivity index (χ0n) is 20.2. The zero-order chi connectivity index (χ0) is 25.5. The monoisotopic (exact) mass is 509 g/mol. The number of likely N-dealkylation sites (N-methyl/N-ethyl adjacent to an activating group) is 1. The Labute approximate surface area is 206 Å². The summed E-state index contributed by atoms with van der Waals surface area (Å²) in [7, 11) is -2.49. The van der Waals surface area contributed by atoms with E-state index >= 15 is 0 Å². The minimum atomic E-state index is -3.89. The fourth-order valence-electron chi connectivity index (χ4n) is 3.64. The van der Waals surface area contributed by atoms with Gasteiger partial charge in [-0.3, -0.25) is 13.9 Å². The van der Waals surface area contributed by atoms with Crippen LogP contribution in [-0.2, 0) is 26.2 Å². The van der Waals surface area contributed by atoms with Crippen LogP contribution in [0.2, 0.25) is 5.02 Å². The van der Waals surface area contributed by atoms with Crippen LogP contribution in [0.3, 0.4) is 0 Å². The predicted octanol–water partition coefficient (Wildman–Crippen LogP) is 3.37. The molecular formula is C24H32ClN3O5S. The van der Waals surface area contributed by atoms with Crippen molar-refractivity contribution < 1.29 is 22.7 Å². The summed E-state index contributed by atoms with van der Waals surface area (Å²) in [5.41, 5.74) is 1.97. The average Bonchev–Trinajstić information content (AvgIpc) is 2.77. The number of amides is 2. The molecule has 0 aromatic heterocycles. The summed E-state index contributed by atoms with van der Waals surface area (Å²) in [5, 5.41) is 3.07. The first-order valence-corrected chi connectivity index (χ1v) is 13.2. The highest BCUT2D eigenvalue weighted by molar-refractivity contribution is 7.92. The standard InChI is InChI=1S/C24H32ClN3O5S/c1-6-20(24(30)26-7-2)27(15-18-11-9-8-10-17(18)3)23(29)16-28(34(5,31)32)21-14-19(25)12-13-22(21)33-4/h8-14,20H,6-7,15-16H2,1-5H3,(H,26,30). The highest BCUT2D eigenvalue weighted by Crippen LogP contribution is 2.33. The SMILES string of the molecule is CCNC(=O)C(CC)N(Cc1ccccc1C)C(=O)CN(c1cc(Cl)ccc1OC)S(C)(=O)=O. The maximum Gasteiger partial charge on any atom is 0.244 e. The second kappa shape index (κ2) is 12.1. The summed E-state index contributed by atoms with van der Waals surface area (Å²) in [6.45, 7) is 5.59. The Morgan fingerprint density at radius 2 is 1.82 bits per heavy atom. The topological polar surface area (TPSA) is 96.0 Å². The van der Waals surface area contributed by atoms with Crippen LogP contribution >= 0.6 is 11.6 Å². The molecule has 0 aliphatic carbocycles. The van der Waals surface area contributed by atoms with Crippen LogP contribution in [0.25, 0.3) is 0 Å². The van der Waals surface area contributed by atoms with E-state index in [4.69, 9.17) is 16.3 Å². The number of aryl methyl sites for hydroxylation is 1. The number of benzene rings is 2. The molecule has 1 N–H and O–H groups in total. The Bertz CT molecular complexity index is 1120. The summed E-state index contributed by atoms with van der Waals surface area (Å²) in [5.74, 6) is -0.559. The molecular weight excluding hydrogens is 478 g/mol. The predicted molar refractivity (Wildman–Crippen MR) is 135 cm³/mol. The highest BCUT2D eigenvalue weighted by atomic mass is 35.5. The molecule has 1 atom stereocenters. The van der Waals surface area contributed by atoms with E-state index in [1.165, 1.54) is 24.1 Å². The molecule has 2 rings (SSSR count). The minimum absolute atomic E-state index is 0.146. The fraction of sp³-hybridized carbons (Fsp3) is 0.417. The molecule has 8 nitrogen and oxygen atoms in total. The Hall–Kier alpha value is -2.78. The van der Waals surface area contributed by atoms with Gasteiger partial charge in [-0.2, -0.15) is 0 Å². The molecule has 0 saturated carbocycles. The third-order valence-corrected chi connectivity index (χ3v) is 6.79. The van der Waals surface area contributed by atoms with Crippen molar-refractivity contribution in [3.05, 3.63) is 58.6 Å². The Morgan fingerprint density at radius 3 is 2.38 bits per heavy atom. The van der Waals surface area contributed by atoms with Gasteiger partial charge in [-0.1, -0.05) is 42.8 Å². The molecule has 0 spiro atoms. The molecule has 0 fully saturated rings. The molecule has 10 heteroatoms. The van der Waals surface area contributed by atoms with Gasteiger partial charge in [0.1, 0.15) is 18.3 Å². The van der Waals surface area contributed by atoms with E-state index in [-0.39, 0.29) is 23.9 Å². The van der Waals surface area contributed by atoms with E-state index in [1.54, 1.807) is 13.0 Å². The molecule has 2 amide bonds. The number of hydrogen-bond acceptors (Lipinski definition) is 5. The number of nitrogens with zero attached hydrogens (tertiary/aromatic N) is 2. The number of halogens is 1. The Kier molecular flexibility index (Phi) is 9.76. The molecule has 1 unspecified atom stereocenters. The van der Waals surface area contributed by atoms with E-state index in [0.717, 1.165) is 21.7 Å². The second-order valence-corrected chi connectivity index (χ2v) is 10.2. The maximum atomic E-state index is 13.6. The molecule has 0 bridgehead atoms. The number of methoxy groups -OCH3 is 1. The van der Waals surface area contributed by atoms with Gasteiger partial charge in [0, 0.05) is 18.1 Å². The van der Waals surface area contributed by atoms with Crippen molar-refractivity contribution in [3.63, 3.8) is 0 Å². The fourth-order valence-corrected chi connectivity index (χ4v) is 4.65. The number of hydrogen-bond donors (Lipinski definition) is 1. The van der Waals surface area contributed by atoms with E-state index < -0.39 is 28.5 Å². The van der Waals surface area contributed by atoms with Crippen LogP contribution in [0.1, 0.15) is 31.4 Å². The van der Waals surface area contributed by atoms with Gasteiger partial charge >= 0.3 is 0 Å². The van der Waals surface area contributed by atoms with Crippen LogP contribution in [-0.4, -0.2) is 57.6 Å². The molecule has 0 heterocycles. The minimum Gasteiger partial charge on any atom is -0.495 e. The van der Waals surface area contributed by atoms with Crippen molar-refractivity contribution >= 4 is 39.1 Å². The zero-order valence-corrected chi connectivity index (χ0v) is 21.7. The van der Waals surface area contributed by atoms with Crippen LogP contribution in [0.15, 0.2) is 42.5 Å². The van der Waals surface area contributed by atoms with Gasteiger partial charge in [-0.05, 0) is 49.6 Å². The van der Waals surface area contributed by atoms with E-state index in [0.29, 0.717) is 18.0 Å². The number of rotatable bonds is 11. The van der Waals surface area contributed by atoms with E-state index in [2.05, 4.69) is 5.32 Å². The van der Waals surface area contributed by atoms with Crippen molar-refractivity contribution in [3.8, 4) is 5.75 Å². The number of anilines is 1. The Balaban J connectivity index is 2.52. The van der Waals surface area contributed by atoms with Crippen molar-refractivity contribution in [1.82, 2.24) is 10.2 Å². The van der Waals surface area contributed by atoms with Crippen molar-refractivity contribution in [1.29, 1.82) is 0 Å². The van der Waals surface area contributed by atoms with E-state index in [9.17, 15) is 18.0 Å². The average molecular weight is 510 g/mol. The van der Waals surface area contributed by atoms with Gasteiger partial charge in [0.15, 0.2) is 0 Å². The number of ether oxygens (including phenoxy) is 1. The van der Waals surface area contributed by atoms with Gasteiger partial charge in [0.25, 0.3) is 0 Å². The van der Waals surface area contributed by atoms with Crippen molar-refractivity contribution in [2.45, 2.75) is 39.8 Å². The molecule has 0 aliphatic rings. The number of carbonyl (C=O) groups excluding carboxylic acids is 2. The summed E-state index contributed by atoms with van der Waals surface area (Å²) in [4.78, 5) is 27.9. The number of sulfonamides is 1. The van der Waals surface area contributed by atoms with Crippen LogP contribution in [0.5, 0.6) is 5.75 Å². The second-order valence-electron chi connectivity index (χ2n) is 7.85. The van der Waals surface area contributed by atoms with Crippen molar-refractivity contribution in [2.24, 2.45) is 0 Å². The first kappa shape index (κ1) is 27.5. The van der Waals surface area contributed by atoms with Gasteiger partial charge in [-0.15, -0.1) is 0 Å². The molecule has 2 aromatic carbocycles. The van der Waals surface area contributed by atoms with Crippen LogP contribution in [0, 0.1) is 6.92 Å². The van der Waals surface area contributed by atoms with Crippen LogP contribution < -0.4 is 14.4 Å². The molecule has 0 saturated heterocycles. The molecule has 2 aromatic rings. The van der Waals surface area contributed by atoms with Gasteiger partial charge in [0.05, 0.1) is 19.1 Å². The summed E-state index contributed by atoms with van der Waals surface area (Å²) in [6, 6.07) is 11.3. The molecule has 34 heavy (non-hydrogen) atoms. The summed E-state index contributed by atoms with van der Waals surface area (Å²) in [6.07, 6.45) is 1.37. The third-order valence-electron chi connectivity index (χ3n) is 5.43. The normalized spacial score (nSPS) is 12.1. The third kappa shape index (κ3) is 6.87. The highest BCUT2D eigenvalue weighted by Gasteiger charge is 2.32. The van der Waals surface area contributed by atoms with Gasteiger partial charge < -0.3 is 15.0 Å². The molecule has 0 aliphatic heterocycles. The summed E-state index contributed by atoms with van der Waals surface area (Å²) >= 11 is 6.12. The summed E-state index contributed by atoms with van der Waals surface area (Å²) < 4.78 is 31.7.